The fourth-order valence-corrected chi connectivity index (χ4v) is 0.900. The molecule has 0 fully saturated rings. The predicted octanol–water partition coefficient (Wildman–Crippen LogP) is 2.61. The Balaban J connectivity index is 2.73. The second kappa shape index (κ2) is 4.44. The molecule has 0 unspecified atom stereocenters. The van der Waals surface area contributed by atoms with Gasteiger partial charge in [0.2, 0.25) is 0 Å². The molecule has 0 aliphatic carbocycles. The lowest BCUT2D eigenvalue weighted by Crippen LogP contribution is -1.91. The molecule has 2 nitrogen and oxygen atoms in total. The van der Waals surface area contributed by atoms with Gasteiger partial charge in [-0.1, -0.05) is 12.6 Å². The lowest BCUT2D eigenvalue weighted by atomic mass is 10.3. The highest BCUT2D eigenvalue weighted by molar-refractivity contribution is 5.33. The van der Waals surface area contributed by atoms with E-state index in [9.17, 15) is 0 Å². The van der Waals surface area contributed by atoms with Gasteiger partial charge in [0, 0.05) is 6.07 Å². The molecule has 0 aromatic heterocycles. The zero-order valence-electron chi connectivity index (χ0n) is 7.12. The first kappa shape index (κ1) is 8.65. The van der Waals surface area contributed by atoms with E-state index in [0.717, 1.165) is 11.5 Å². The van der Waals surface area contributed by atoms with Crippen molar-refractivity contribution in [1.29, 1.82) is 0 Å². The van der Waals surface area contributed by atoms with Crippen molar-refractivity contribution in [2.75, 3.05) is 6.61 Å². The van der Waals surface area contributed by atoms with Gasteiger partial charge in [-0.15, -0.1) is 0 Å². The van der Waals surface area contributed by atoms with E-state index in [1.165, 1.54) is 6.26 Å². The summed E-state index contributed by atoms with van der Waals surface area (Å²) in [6.45, 7) is 6.08. The van der Waals surface area contributed by atoms with Crippen LogP contribution < -0.4 is 9.47 Å². The van der Waals surface area contributed by atoms with E-state index in [0.29, 0.717) is 6.61 Å². The molecule has 0 aliphatic rings. The topological polar surface area (TPSA) is 18.5 Å². The first-order valence-electron chi connectivity index (χ1n) is 3.87. The molecule has 0 radical (unpaired) electrons. The highest BCUT2D eigenvalue weighted by Crippen LogP contribution is 2.19. The van der Waals surface area contributed by atoms with Gasteiger partial charge in [0.05, 0.1) is 12.9 Å². The fraction of sp³-hybridized carbons (Fsp3) is 0.200. The third-order valence-corrected chi connectivity index (χ3v) is 1.34. The first-order valence-corrected chi connectivity index (χ1v) is 3.87. The number of hydrogen-bond donors (Lipinski definition) is 0. The van der Waals surface area contributed by atoms with Crippen molar-refractivity contribution in [2.24, 2.45) is 0 Å². The van der Waals surface area contributed by atoms with Gasteiger partial charge >= 0.3 is 0 Å². The first-order chi connectivity index (χ1) is 5.86. The summed E-state index contributed by atoms with van der Waals surface area (Å²) in [6.07, 6.45) is 1.39. The molecule has 12 heavy (non-hydrogen) atoms. The van der Waals surface area contributed by atoms with Gasteiger partial charge in [0.1, 0.15) is 11.5 Å². The summed E-state index contributed by atoms with van der Waals surface area (Å²) in [5.74, 6) is 1.56. The van der Waals surface area contributed by atoms with Gasteiger partial charge in [-0.2, -0.15) is 0 Å². The largest absolute Gasteiger partial charge is 0.494 e. The lowest BCUT2D eigenvalue weighted by Gasteiger charge is -2.04. The molecule has 0 atom stereocenters. The van der Waals surface area contributed by atoms with Crippen LogP contribution in [-0.4, -0.2) is 6.61 Å². The minimum Gasteiger partial charge on any atom is -0.494 e. The van der Waals surface area contributed by atoms with E-state index >= 15 is 0 Å². The Morgan fingerprint density at radius 2 is 2.17 bits per heavy atom. The molecule has 0 saturated heterocycles. The van der Waals surface area contributed by atoms with Crippen molar-refractivity contribution in [3.63, 3.8) is 0 Å². The molecule has 0 spiro atoms. The van der Waals surface area contributed by atoms with E-state index in [4.69, 9.17) is 9.47 Å². The number of benzene rings is 1. The SMILES string of the molecule is C=COc1cccc(OCC)c1. The van der Waals surface area contributed by atoms with E-state index in [2.05, 4.69) is 6.58 Å². The van der Waals surface area contributed by atoms with Crippen molar-refractivity contribution in [3.05, 3.63) is 37.1 Å². The van der Waals surface area contributed by atoms with Crippen LogP contribution in [0.2, 0.25) is 0 Å². The zero-order valence-corrected chi connectivity index (χ0v) is 7.12. The third-order valence-electron chi connectivity index (χ3n) is 1.34. The molecular weight excluding hydrogens is 152 g/mol. The highest BCUT2D eigenvalue weighted by Gasteiger charge is 1.94. The summed E-state index contributed by atoms with van der Waals surface area (Å²) < 4.78 is 10.4. The Morgan fingerprint density at radius 3 is 2.83 bits per heavy atom. The van der Waals surface area contributed by atoms with Gasteiger partial charge in [0.25, 0.3) is 0 Å². The van der Waals surface area contributed by atoms with Crippen LogP contribution in [0.25, 0.3) is 0 Å². The third kappa shape index (κ3) is 2.31. The summed E-state index contributed by atoms with van der Waals surface area (Å²) in [5, 5.41) is 0. The standard InChI is InChI=1S/C10H12O2/c1-3-11-9-6-5-7-10(8-9)12-4-2/h3,5-8H,1,4H2,2H3. The monoisotopic (exact) mass is 164 g/mol. The summed E-state index contributed by atoms with van der Waals surface area (Å²) in [6, 6.07) is 7.44. The van der Waals surface area contributed by atoms with Gasteiger partial charge in [-0.3, -0.25) is 0 Å². The zero-order chi connectivity index (χ0) is 8.81. The van der Waals surface area contributed by atoms with Crippen LogP contribution >= 0.6 is 0 Å². The molecule has 64 valence electrons. The van der Waals surface area contributed by atoms with Crippen molar-refractivity contribution < 1.29 is 9.47 Å². The van der Waals surface area contributed by atoms with E-state index < -0.39 is 0 Å². The Hall–Kier alpha value is -1.44. The van der Waals surface area contributed by atoms with E-state index in [1.807, 2.05) is 31.2 Å². The number of ether oxygens (including phenoxy) is 2. The predicted molar refractivity (Wildman–Crippen MR) is 48.4 cm³/mol. The van der Waals surface area contributed by atoms with Crippen molar-refractivity contribution in [3.8, 4) is 11.5 Å². The summed E-state index contributed by atoms with van der Waals surface area (Å²) in [4.78, 5) is 0. The van der Waals surface area contributed by atoms with E-state index in [-0.39, 0.29) is 0 Å². The Labute approximate surface area is 72.4 Å². The second-order valence-electron chi connectivity index (χ2n) is 2.19. The summed E-state index contributed by atoms with van der Waals surface area (Å²) in [7, 11) is 0. The molecule has 1 rings (SSSR count). The molecule has 0 heterocycles. The molecule has 1 aromatic carbocycles. The Bertz CT molecular complexity index is 256. The highest BCUT2D eigenvalue weighted by atomic mass is 16.5. The molecule has 0 N–H and O–H groups in total. The Kier molecular flexibility index (Phi) is 3.20. The molecule has 0 aliphatic heterocycles. The lowest BCUT2D eigenvalue weighted by molar-refractivity contribution is 0.338. The van der Waals surface area contributed by atoms with Crippen molar-refractivity contribution in [2.45, 2.75) is 6.92 Å². The van der Waals surface area contributed by atoms with Crippen LogP contribution in [0.5, 0.6) is 11.5 Å². The maximum Gasteiger partial charge on any atom is 0.130 e. The van der Waals surface area contributed by atoms with Crippen LogP contribution in [0.4, 0.5) is 0 Å². The molecule has 1 aromatic rings. The van der Waals surface area contributed by atoms with Crippen molar-refractivity contribution in [1.82, 2.24) is 0 Å². The van der Waals surface area contributed by atoms with Crippen LogP contribution in [0.3, 0.4) is 0 Å². The average Bonchev–Trinajstić information content (AvgIpc) is 2.06. The fourth-order valence-electron chi connectivity index (χ4n) is 0.900. The summed E-state index contributed by atoms with van der Waals surface area (Å²) >= 11 is 0. The van der Waals surface area contributed by atoms with Gasteiger partial charge in [-0.25, -0.2) is 0 Å². The summed E-state index contributed by atoms with van der Waals surface area (Å²) in [5.41, 5.74) is 0. The van der Waals surface area contributed by atoms with Crippen LogP contribution in [0.1, 0.15) is 6.92 Å². The van der Waals surface area contributed by atoms with Gasteiger partial charge < -0.3 is 9.47 Å². The molecule has 0 bridgehead atoms. The maximum absolute atomic E-state index is 5.28. The number of rotatable bonds is 4. The average molecular weight is 164 g/mol. The molecular formula is C10H12O2. The normalized spacial score (nSPS) is 9.08. The minimum atomic E-state index is 0.664. The minimum absolute atomic E-state index is 0.664. The maximum atomic E-state index is 5.28. The molecule has 2 heteroatoms. The van der Waals surface area contributed by atoms with Gasteiger partial charge in [-0.05, 0) is 19.1 Å². The van der Waals surface area contributed by atoms with Gasteiger partial charge in [0.15, 0.2) is 0 Å². The van der Waals surface area contributed by atoms with Crippen LogP contribution in [0, 0.1) is 0 Å². The van der Waals surface area contributed by atoms with Crippen molar-refractivity contribution >= 4 is 0 Å². The smallest absolute Gasteiger partial charge is 0.130 e. The van der Waals surface area contributed by atoms with E-state index in [1.54, 1.807) is 0 Å². The molecule has 0 saturated carbocycles. The van der Waals surface area contributed by atoms with Crippen LogP contribution in [-0.2, 0) is 0 Å². The number of hydrogen-bond acceptors (Lipinski definition) is 2. The quantitative estimate of drug-likeness (QED) is 0.637. The Morgan fingerprint density at radius 1 is 1.42 bits per heavy atom. The second-order valence-corrected chi connectivity index (χ2v) is 2.19. The molecule has 0 amide bonds. The van der Waals surface area contributed by atoms with Crippen LogP contribution in [0.15, 0.2) is 37.1 Å².